The molecule has 0 heterocycles. The summed E-state index contributed by atoms with van der Waals surface area (Å²) in [7, 11) is 0. The number of ether oxygens (including phenoxy) is 2. The van der Waals surface area contributed by atoms with Gasteiger partial charge in [0.2, 0.25) is 0 Å². The standard InChI is InChI=1S/C10H12O5/c1-4-14-8(11)5-6-9(12)15-10(13)7(2)3/h5-6H,2,4H2,1,3H3/b6-5-. The van der Waals surface area contributed by atoms with Gasteiger partial charge in [0.05, 0.1) is 6.61 Å². The van der Waals surface area contributed by atoms with E-state index in [1.165, 1.54) is 6.92 Å². The highest BCUT2D eigenvalue weighted by Gasteiger charge is 2.08. The van der Waals surface area contributed by atoms with Crippen molar-refractivity contribution in [1.29, 1.82) is 0 Å². The summed E-state index contributed by atoms with van der Waals surface area (Å²) in [4.78, 5) is 32.5. The van der Waals surface area contributed by atoms with Crippen molar-refractivity contribution in [2.24, 2.45) is 0 Å². The van der Waals surface area contributed by atoms with Crippen LogP contribution in [0.15, 0.2) is 24.3 Å². The zero-order valence-corrected chi connectivity index (χ0v) is 8.61. The van der Waals surface area contributed by atoms with E-state index in [2.05, 4.69) is 16.1 Å². The zero-order chi connectivity index (χ0) is 11.8. The van der Waals surface area contributed by atoms with Gasteiger partial charge < -0.3 is 9.47 Å². The quantitative estimate of drug-likeness (QED) is 0.390. The lowest BCUT2D eigenvalue weighted by Gasteiger charge is -1.97. The lowest BCUT2D eigenvalue weighted by Crippen LogP contribution is -2.11. The molecule has 82 valence electrons. The van der Waals surface area contributed by atoms with Crippen LogP contribution in [0.25, 0.3) is 0 Å². The average Bonchev–Trinajstić information content (AvgIpc) is 2.15. The fraction of sp³-hybridized carbons (Fsp3) is 0.300. The van der Waals surface area contributed by atoms with E-state index in [4.69, 9.17) is 0 Å². The molecule has 0 radical (unpaired) electrons. The van der Waals surface area contributed by atoms with E-state index in [0.29, 0.717) is 0 Å². The smallest absolute Gasteiger partial charge is 0.340 e. The van der Waals surface area contributed by atoms with Gasteiger partial charge in [-0.05, 0) is 13.8 Å². The molecular weight excluding hydrogens is 200 g/mol. The third-order valence-electron chi connectivity index (χ3n) is 1.18. The molecule has 0 aromatic heterocycles. The molecule has 0 atom stereocenters. The molecular formula is C10H12O5. The second-order valence-corrected chi connectivity index (χ2v) is 2.57. The Hall–Kier alpha value is -1.91. The molecule has 0 N–H and O–H groups in total. The summed E-state index contributed by atoms with van der Waals surface area (Å²) < 4.78 is 8.78. The zero-order valence-electron chi connectivity index (χ0n) is 8.61. The van der Waals surface area contributed by atoms with Gasteiger partial charge in [-0.15, -0.1) is 0 Å². The van der Waals surface area contributed by atoms with Crippen LogP contribution in [-0.2, 0) is 23.9 Å². The van der Waals surface area contributed by atoms with Gasteiger partial charge in [-0.2, -0.15) is 0 Å². The Morgan fingerprint density at radius 1 is 1.20 bits per heavy atom. The Balaban J connectivity index is 4.09. The van der Waals surface area contributed by atoms with Crippen LogP contribution < -0.4 is 0 Å². The Kier molecular flexibility index (Phi) is 5.70. The minimum absolute atomic E-state index is 0.105. The molecule has 0 bridgehead atoms. The summed E-state index contributed by atoms with van der Waals surface area (Å²) in [5.41, 5.74) is 0.105. The molecule has 0 spiro atoms. The third kappa shape index (κ3) is 6.20. The van der Waals surface area contributed by atoms with Crippen LogP contribution in [0.1, 0.15) is 13.8 Å². The molecule has 5 nitrogen and oxygen atoms in total. The van der Waals surface area contributed by atoms with Crippen molar-refractivity contribution in [3.8, 4) is 0 Å². The maximum atomic E-state index is 10.9. The molecule has 15 heavy (non-hydrogen) atoms. The lowest BCUT2D eigenvalue weighted by molar-refractivity contribution is -0.153. The number of hydrogen-bond donors (Lipinski definition) is 0. The Bertz CT molecular complexity index is 314. The molecule has 0 fully saturated rings. The normalized spacial score (nSPS) is 9.73. The van der Waals surface area contributed by atoms with Gasteiger partial charge in [0.1, 0.15) is 0 Å². The van der Waals surface area contributed by atoms with Crippen LogP contribution >= 0.6 is 0 Å². The molecule has 0 aliphatic heterocycles. The summed E-state index contributed by atoms with van der Waals surface area (Å²) in [6.07, 6.45) is 1.70. The maximum absolute atomic E-state index is 10.9. The number of hydrogen-bond acceptors (Lipinski definition) is 5. The predicted octanol–water partition coefficient (Wildman–Crippen LogP) is 0.752. The predicted molar refractivity (Wildman–Crippen MR) is 51.7 cm³/mol. The van der Waals surface area contributed by atoms with Crippen LogP contribution in [0.2, 0.25) is 0 Å². The van der Waals surface area contributed by atoms with Crippen molar-refractivity contribution in [1.82, 2.24) is 0 Å². The van der Waals surface area contributed by atoms with E-state index in [0.717, 1.165) is 12.2 Å². The first kappa shape index (κ1) is 13.1. The first-order chi connectivity index (χ1) is 6.97. The van der Waals surface area contributed by atoms with Gasteiger partial charge in [-0.3, -0.25) is 0 Å². The fourth-order valence-electron chi connectivity index (χ4n) is 0.539. The average molecular weight is 212 g/mol. The van der Waals surface area contributed by atoms with Gasteiger partial charge in [-0.25, -0.2) is 14.4 Å². The Morgan fingerprint density at radius 3 is 2.20 bits per heavy atom. The molecule has 0 aromatic carbocycles. The molecule has 0 rings (SSSR count). The number of esters is 3. The van der Waals surface area contributed by atoms with E-state index in [1.54, 1.807) is 6.92 Å². The molecule has 0 amide bonds. The first-order valence-electron chi connectivity index (χ1n) is 4.23. The van der Waals surface area contributed by atoms with Gasteiger partial charge in [0.25, 0.3) is 0 Å². The highest BCUT2D eigenvalue weighted by Crippen LogP contribution is 1.93. The molecule has 0 aliphatic rings. The summed E-state index contributed by atoms with van der Waals surface area (Å²) >= 11 is 0. The highest BCUT2D eigenvalue weighted by molar-refractivity contribution is 6.00. The topological polar surface area (TPSA) is 69.7 Å². The van der Waals surface area contributed by atoms with Crippen molar-refractivity contribution in [2.45, 2.75) is 13.8 Å². The second kappa shape index (κ2) is 6.53. The second-order valence-electron chi connectivity index (χ2n) is 2.57. The van der Waals surface area contributed by atoms with Crippen molar-refractivity contribution >= 4 is 17.9 Å². The molecule has 0 aliphatic carbocycles. The number of carbonyl (C=O) groups excluding carboxylic acids is 3. The molecule has 0 unspecified atom stereocenters. The van der Waals surface area contributed by atoms with Gasteiger partial charge in [0.15, 0.2) is 0 Å². The Labute approximate surface area is 87.4 Å². The lowest BCUT2D eigenvalue weighted by atomic mass is 10.4. The van der Waals surface area contributed by atoms with Crippen LogP contribution in [-0.4, -0.2) is 24.5 Å². The van der Waals surface area contributed by atoms with Gasteiger partial charge >= 0.3 is 17.9 Å². The SMILES string of the molecule is C=C(C)C(=O)OC(=O)/C=C\C(=O)OCC. The van der Waals surface area contributed by atoms with Crippen LogP contribution in [0.5, 0.6) is 0 Å². The van der Waals surface area contributed by atoms with E-state index < -0.39 is 17.9 Å². The monoisotopic (exact) mass is 212 g/mol. The maximum Gasteiger partial charge on any atom is 0.340 e. The summed E-state index contributed by atoms with van der Waals surface area (Å²) in [6, 6.07) is 0. The summed E-state index contributed by atoms with van der Waals surface area (Å²) in [6.45, 7) is 6.54. The first-order valence-corrected chi connectivity index (χ1v) is 4.23. The minimum Gasteiger partial charge on any atom is -0.463 e. The minimum atomic E-state index is -0.934. The largest absolute Gasteiger partial charge is 0.463 e. The van der Waals surface area contributed by atoms with Crippen LogP contribution in [0, 0.1) is 0 Å². The van der Waals surface area contributed by atoms with Crippen molar-refractivity contribution in [3.63, 3.8) is 0 Å². The number of rotatable bonds is 4. The summed E-state index contributed by atoms with van der Waals surface area (Å²) in [5, 5.41) is 0. The van der Waals surface area contributed by atoms with Gasteiger partial charge in [0, 0.05) is 17.7 Å². The molecule has 5 heteroatoms. The summed E-state index contributed by atoms with van der Waals surface area (Å²) in [5.74, 6) is -2.43. The molecule has 0 aromatic rings. The van der Waals surface area contributed by atoms with Crippen molar-refractivity contribution in [3.05, 3.63) is 24.3 Å². The van der Waals surface area contributed by atoms with E-state index in [1.807, 2.05) is 0 Å². The third-order valence-corrected chi connectivity index (χ3v) is 1.18. The van der Waals surface area contributed by atoms with Crippen molar-refractivity contribution < 1.29 is 23.9 Å². The van der Waals surface area contributed by atoms with Crippen LogP contribution in [0.4, 0.5) is 0 Å². The van der Waals surface area contributed by atoms with E-state index in [9.17, 15) is 14.4 Å². The highest BCUT2D eigenvalue weighted by atomic mass is 16.6. The van der Waals surface area contributed by atoms with E-state index in [-0.39, 0.29) is 12.2 Å². The van der Waals surface area contributed by atoms with Gasteiger partial charge in [-0.1, -0.05) is 6.58 Å². The van der Waals surface area contributed by atoms with Crippen LogP contribution in [0.3, 0.4) is 0 Å². The van der Waals surface area contributed by atoms with E-state index >= 15 is 0 Å². The number of carbonyl (C=O) groups is 3. The fourth-order valence-corrected chi connectivity index (χ4v) is 0.539. The van der Waals surface area contributed by atoms with Crippen molar-refractivity contribution in [2.75, 3.05) is 6.61 Å². The molecule has 0 saturated carbocycles. The molecule has 0 saturated heterocycles. The Morgan fingerprint density at radius 2 is 1.73 bits per heavy atom.